The van der Waals surface area contributed by atoms with Crippen molar-refractivity contribution in [3.63, 3.8) is 0 Å². The molecule has 1 heterocycles. The fourth-order valence-electron chi connectivity index (χ4n) is 3.05. The van der Waals surface area contributed by atoms with Gasteiger partial charge in [-0.05, 0) is 49.6 Å². The Labute approximate surface area is 154 Å². The van der Waals surface area contributed by atoms with Crippen LogP contribution in [0, 0.1) is 0 Å². The van der Waals surface area contributed by atoms with Crippen molar-refractivity contribution in [2.45, 2.75) is 29.1 Å². The van der Waals surface area contributed by atoms with Crippen LogP contribution >= 0.6 is 0 Å². The van der Waals surface area contributed by atoms with E-state index < -0.39 is 19.9 Å². The lowest BCUT2D eigenvalue weighted by atomic mass is 10.1. The Bertz CT molecular complexity index is 995. The maximum absolute atomic E-state index is 12.8. The number of benzene rings is 2. The van der Waals surface area contributed by atoms with E-state index in [1.165, 1.54) is 30.7 Å². The number of rotatable bonds is 5. The van der Waals surface area contributed by atoms with Crippen LogP contribution in [-0.2, 0) is 19.9 Å². The summed E-state index contributed by atoms with van der Waals surface area (Å²) in [5, 5.41) is 0. The van der Waals surface area contributed by atoms with E-state index >= 15 is 0 Å². The predicted molar refractivity (Wildman–Crippen MR) is 103 cm³/mol. The van der Waals surface area contributed by atoms with Gasteiger partial charge in [0.25, 0.3) is 10.0 Å². The summed E-state index contributed by atoms with van der Waals surface area (Å²) < 4.78 is 51.6. The van der Waals surface area contributed by atoms with Gasteiger partial charge >= 0.3 is 0 Å². The Hall–Kier alpha value is -2.06. The molecular weight excluding hydrogens is 372 g/mol. The average Bonchev–Trinajstić information content (AvgIpc) is 2.62. The zero-order valence-corrected chi connectivity index (χ0v) is 16.2. The molecule has 0 atom stereocenters. The first-order chi connectivity index (χ1) is 12.3. The molecule has 6 nitrogen and oxygen atoms in total. The van der Waals surface area contributed by atoms with Gasteiger partial charge in [-0.25, -0.2) is 16.8 Å². The van der Waals surface area contributed by atoms with Crippen LogP contribution in [0.3, 0.4) is 0 Å². The summed E-state index contributed by atoms with van der Waals surface area (Å²) >= 11 is 0. The second-order valence-electron chi connectivity index (χ2n) is 6.42. The van der Waals surface area contributed by atoms with Crippen LogP contribution in [0.4, 0.5) is 11.4 Å². The maximum atomic E-state index is 12.8. The molecule has 1 N–H and O–H groups in total. The summed E-state index contributed by atoms with van der Waals surface area (Å²) in [6.07, 6.45) is 4.40. The van der Waals surface area contributed by atoms with E-state index in [2.05, 4.69) is 9.62 Å². The number of piperidine rings is 1. The molecular formula is C18H22N2O4S2. The molecule has 0 saturated carbocycles. The van der Waals surface area contributed by atoms with Crippen LogP contribution in [0.1, 0.15) is 19.3 Å². The molecule has 0 aliphatic carbocycles. The quantitative estimate of drug-likeness (QED) is 0.843. The third-order valence-corrected chi connectivity index (χ3v) is 6.86. The average molecular weight is 395 g/mol. The molecule has 0 aromatic heterocycles. The fourth-order valence-corrected chi connectivity index (χ4v) is 4.91. The minimum atomic E-state index is -3.90. The summed E-state index contributed by atoms with van der Waals surface area (Å²) in [5.41, 5.74) is 1.34. The molecule has 1 fully saturated rings. The number of para-hydroxylation sites is 2. The Kier molecular flexibility index (Phi) is 5.24. The number of sulfonamides is 1. The third-order valence-electron chi connectivity index (χ3n) is 4.39. The first kappa shape index (κ1) is 18.7. The maximum Gasteiger partial charge on any atom is 0.262 e. The van der Waals surface area contributed by atoms with Gasteiger partial charge < -0.3 is 4.90 Å². The monoisotopic (exact) mass is 394 g/mol. The van der Waals surface area contributed by atoms with Gasteiger partial charge in [0, 0.05) is 19.3 Å². The number of hydrogen-bond acceptors (Lipinski definition) is 5. The standard InChI is InChI=1S/C18H22N2O4S2/c1-25(21,22)15-8-7-9-16(14-15)26(23,24)19-17-10-3-4-11-18(17)20-12-5-2-6-13-20/h3-4,7-11,14,19H,2,5-6,12-13H2,1H3. The van der Waals surface area contributed by atoms with Gasteiger partial charge in [0.05, 0.1) is 21.2 Å². The van der Waals surface area contributed by atoms with Crippen molar-refractivity contribution in [2.24, 2.45) is 0 Å². The van der Waals surface area contributed by atoms with E-state index in [4.69, 9.17) is 0 Å². The lowest BCUT2D eigenvalue weighted by Gasteiger charge is -2.30. The first-order valence-electron chi connectivity index (χ1n) is 8.44. The zero-order chi connectivity index (χ0) is 18.8. The van der Waals surface area contributed by atoms with Gasteiger partial charge in [0.2, 0.25) is 0 Å². The van der Waals surface area contributed by atoms with Gasteiger partial charge in [-0.1, -0.05) is 18.2 Å². The molecule has 3 rings (SSSR count). The molecule has 8 heteroatoms. The second-order valence-corrected chi connectivity index (χ2v) is 10.1. The predicted octanol–water partition coefficient (Wildman–Crippen LogP) is 2.88. The normalized spacial score (nSPS) is 15.7. The highest BCUT2D eigenvalue weighted by atomic mass is 32.2. The second kappa shape index (κ2) is 7.28. The van der Waals surface area contributed by atoms with Gasteiger partial charge in [-0.2, -0.15) is 0 Å². The molecule has 0 spiro atoms. The van der Waals surface area contributed by atoms with Gasteiger partial charge in [-0.3, -0.25) is 4.72 Å². The molecule has 0 amide bonds. The van der Waals surface area contributed by atoms with E-state index in [0.29, 0.717) is 5.69 Å². The number of sulfone groups is 1. The molecule has 26 heavy (non-hydrogen) atoms. The Morgan fingerprint density at radius 2 is 1.50 bits per heavy atom. The van der Waals surface area contributed by atoms with Crippen LogP contribution in [0.2, 0.25) is 0 Å². The smallest absolute Gasteiger partial charge is 0.262 e. The van der Waals surface area contributed by atoms with Crippen molar-refractivity contribution in [2.75, 3.05) is 29.0 Å². The molecule has 1 aliphatic heterocycles. The largest absolute Gasteiger partial charge is 0.370 e. The van der Waals surface area contributed by atoms with Crippen molar-refractivity contribution >= 4 is 31.2 Å². The molecule has 0 bridgehead atoms. The van der Waals surface area contributed by atoms with Crippen LogP contribution in [0.5, 0.6) is 0 Å². The van der Waals surface area contributed by atoms with Crippen LogP contribution in [0.15, 0.2) is 58.3 Å². The summed E-state index contributed by atoms with van der Waals surface area (Å²) in [4.78, 5) is 2.08. The molecule has 1 saturated heterocycles. The molecule has 2 aromatic rings. The van der Waals surface area contributed by atoms with Crippen LogP contribution in [0.25, 0.3) is 0 Å². The third kappa shape index (κ3) is 4.19. The highest BCUT2D eigenvalue weighted by molar-refractivity contribution is 7.93. The van der Waals surface area contributed by atoms with E-state index in [1.54, 1.807) is 12.1 Å². The first-order valence-corrected chi connectivity index (χ1v) is 11.8. The van der Waals surface area contributed by atoms with E-state index in [1.807, 2.05) is 12.1 Å². The van der Waals surface area contributed by atoms with Crippen LogP contribution < -0.4 is 9.62 Å². The highest BCUT2D eigenvalue weighted by Crippen LogP contribution is 2.30. The fraction of sp³-hybridized carbons (Fsp3) is 0.333. The lowest BCUT2D eigenvalue weighted by molar-refractivity contribution is 0.578. The Balaban J connectivity index is 1.94. The SMILES string of the molecule is CS(=O)(=O)c1cccc(S(=O)(=O)Nc2ccccc2N2CCCCC2)c1. The van der Waals surface area contributed by atoms with Gasteiger partial charge in [0.1, 0.15) is 0 Å². The van der Waals surface area contributed by atoms with Crippen molar-refractivity contribution < 1.29 is 16.8 Å². The Morgan fingerprint density at radius 1 is 0.846 bits per heavy atom. The van der Waals surface area contributed by atoms with Crippen molar-refractivity contribution in [1.29, 1.82) is 0 Å². The number of hydrogen-bond donors (Lipinski definition) is 1. The van der Waals surface area contributed by atoms with Crippen LogP contribution in [-0.4, -0.2) is 36.2 Å². The van der Waals surface area contributed by atoms with Gasteiger partial charge in [-0.15, -0.1) is 0 Å². The van der Waals surface area contributed by atoms with E-state index in [-0.39, 0.29) is 9.79 Å². The summed E-state index contributed by atoms with van der Waals surface area (Å²) in [6.45, 7) is 1.78. The van der Waals surface area contributed by atoms with Crippen molar-refractivity contribution in [3.8, 4) is 0 Å². The molecule has 0 radical (unpaired) electrons. The Morgan fingerprint density at radius 3 is 2.19 bits per heavy atom. The zero-order valence-electron chi connectivity index (χ0n) is 14.6. The molecule has 2 aromatic carbocycles. The highest BCUT2D eigenvalue weighted by Gasteiger charge is 2.21. The van der Waals surface area contributed by atoms with Crippen molar-refractivity contribution in [3.05, 3.63) is 48.5 Å². The van der Waals surface area contributed by atoms with Crippen molar-refractivity contribution in [1.82, 2.24) is 0 Å². The lowest BCUT2D eigenvalue weighted by Crippen LogP contribution is -2.30. The topological polar surface area (TPSA) is 83.5 Å². The molecule has 1 aliphatic rings. The van der Waals surface area contributed by atoms with E-state index in [9.17, 15) is 16.8 Å². The minimum absolute atomic E-state index is 0.0234. The minimum Gasteiger partial charge on any atom is -0.370 e. The molecule has 0 unspecified atom stereocenters. The summed E-state index contributed by atoms with van der Waals surface area (Å²) in [7, 11) is -7.38. The number of anilines is 2. The summed E-state index contributed by atoms with van der Waals surface area (Å²) in [5.74, 6) is 0. The van der Waals surface area contributed by atoms with E-state index in [0.717, 1.165) is 37.9 Å². The molecule has 140 valence electrons. The number of nitrogens with zero attached hydrogens (tertiary/aromatic N) is 1. The summed E-state index contributed by atoms with van der Waals surface area (Å²) in [6, 6.07) is 12.7. The number of nitrogens with one attached hydrogen (secondary N) is 1. The van der Waals surface area contributed by atoms with Gasteiger partial charge in [0.15, 0.2) is 9.84 Å².